The number of sulfone groups is 2. The second-order valence-electron chi connectivity index (χ2n) is 3.01. The maximum absolute atomic E-state index is 10.9. The van der Waals surface area contributed by atoms with Crippen LogP contribution in [0.2, 0.25) is 0 Å². The van der Waals surface area contributed by atoms with E-state index in [1.54, 1.807) is 0 Å². The topological polar surface area (TPSA) is 88.5 Å². The van der Waals surface area contributed by atoms with E-state index in [0.29, 0.717) is 0 Å². The molecule has 72 valence electrons. The molecule has 0 bridgehead atoms. The highest BCUT2D eigenvalue weighted by atomic mass is 32.2. The van der Waals surface area contributed by atoms with Crippen LogP contribution in [0, 0.1) is 0 Å². The molecule has 2 atom stereocenters. The van der Waals surface area contributed by atoms with Crippen LogP contribution in [-0.2, 0) is 19.7 Å². The molecule has 0 aromatic carbocycles. The van der Waals surface area contributed by atoms with E-state index in [1.165, 1.54) is 0 Å². The Morgan fingerprint density at radius 1 is 1.33 bits per heavy atom. The summed E-state index contributed by atoms with van der Waals surface area (Å²) in [5, 5.41) is 7.97. The average molecular weight is 214 g/mol. The van der Waals surface area contributed by atoms with E-state index in [-0.39, 0.29) is 0 Å². The third-order valence-electron chi connectivity index (χ3n) is 1.82. The van der Waals surface area contributed by atoms with Gasteiger partial charge in [-0.2, -0.15) is 0 Å². The monoisotopic (exact) mass is 214 g/mol. The second kappa shape index (κ2) is 2.68. The highest BCUT2D eigenvalue weighted by Crippen LogP contribution is 2.18. The first-order valence-electron chi connectivity index (χ1n) is 3.30. The summed E-state index contributed by atoms with van der Waals surface area (Å²) in [6, 6.07) is 0. The van der Waals surface area contributed by atoms with E-state index >= 15 is 0 Å². The van der Waals surface area contributed by atoms with Crippen molar-refractivity contribution in [3.63, 3.8) is 0 Å². The van der Waals surface area contributed by atoms with Gasteiger partial charge in [0, 0.05) is 6.26 Å². The Hall–Kier alpha value is -0.140. The molecule has 1 aliphatic heterocycles. The van der Waals surface area contributed by atoms with Crippen LogP contribution in [0.1, 0.15) is 0 Å². The lowest BCUT2D eigenvalue weighted by molar-refractivity contribution is 0.204. The lowest BCUT2D eigenvalue weighted by Gasteiger charge is -2.08. The van der Waals surface area contributed by atoms with Crippen LogP contribution in [0.25, 0.3) is 0 Å². The van der Waals surface area contributed by atoms with E-state index in [1.807, 2.05) is 0 Å². The zero-order valence-corrected chi connectivity index (χ0v) is 8.10. The first-order valence-corrected chi connectivity index (χ1v) is 7.07. The predicted octanol–water partition coefficient (Wildman–Crippen LogP) is -1.81. The Morgan fingerprint density at radius 2 is 1.83 bits per heavy atom. The second-order valence-corrected chi connectivity index (χ2v) is 7.43. The van der Waals surface area contributed by atoms with E-state index in [9.17, 15) is 16.8 Å². The van der Waals surface area contributed by atoms with Gasteiger partial charge in [0.2, 0.25) is 0 Å². The van der Waals surface area contributed by atoms with Crippen molar-refractivity contribution in [2.75, 3.05) is 17.8 Å². The smallest absolute Gasteiger partial charge is 0.154 e. The molecule has 0 saturated carbocycles. The summed E-state index contributed by atoms with van der Waals surface area (Å²) in [7, 11) is -6.81. The molecule has 1 rings (SSSR count). The fourth-order valence-electron chi connectivity index (χ4n) is 1.21. The molecule has 0 unspecified atom stereocenters. The number of hydrogen-bond donors (Lipinski definition) is 1. The number of aliphatic hydroxyl groups is 1. The highest BCUT2D eigenvalue weighted by Gasteiger charge is 2.42. The SMILES string of the molecule is CS(=O)(=O)[C@H]1CS(=O)(=O)C[C@H]1O. The lowest BCUT2D eigenvalue weighted by atomic mass is 10.3. The summed E-state index contributed by atoms with van der Waals surface area (Å²) in [5.41, 5.74) is 0. The Bertz CT molecular complexity index is 365. The van der Waals surface area contributed by atoms with Crippen molar-refractivity contribution >= 4 is 19.7 Å². The fraction of sp³-hybridized carbons (Fsp3) is 1.00. The van der Waals surface area contributed by atoms with Crippen molar-refractivity contribution in [3.05, 3.63) is 0 Å². The molecule has 1 fully saturated rings. The van der Waals surface area contributed by atoms with Crippen molar-refractivity contribution in [1.29, 1.82) is 0 Å². The molecule has 12 heavy (non-hydrogen) atoms. The summed E-state index contributed by atoms with van der Waals surface area (Å²) >= 11 is 0. The van der Waals surface area contributed by atoms with Gasteiger partial charge in [-0.1, -0.05) is 0 Å². The van der Waals surface area contributed by atoms with Crippen molar-refractivity contribution < 1.29 is 21.9 Å². The summed E-state index contributed by atoms with van der Waals surface area (Å²) in [5.74, 6) is -0.891. The minimum absolute atomic E-state index is 0.440. The molecular formula is C5H10O5S2. The lowest BCUT2D eigenvalue weighted by Crippen LogP contribution is -2.31. The van der Waals surface area contributed by atoms with Crippen LogP contribution in [0.4, 0.5) is 0 Å². The molecule has 0 aromatic heterocycles. The molecule has 1 aliphatic rings. The van der Waals surface area contributed by atoms with E-state index in [2.05, 4.69) is 0 Å². The Labute approximate surface area is 71.2 Å². The molecule has 0 spiro atoms. The van der Waals surface area contributed by atoms with Gasteiger partial charge in [-0.05, 0) is 0 Å². The molecule has 1 saturated heterocycles. The Morgan fingerprint density at radius 3 is 2.00 bits per heavy atom. The zero-order chi connectivity index (χ0) is 9.57. The first kappa shape index (κ1) is 9.94. The van der Waals surface area contributed by atoms with Gasteiger partial charge >= 0.3 is 0 Å². The molecule has 1 N–H and O–H groups in total. The van der Waals surface area contributed by atoms with Crippen LogP contribution in [0.15, 0.2) is 0 Å². The van der Waals surface area contributed by atoms with Crippen LogP contribution >= 0.6 is 0 Å². The first-order chi connectivity index (χ1) is 5.22. The standard InChI is InChI=1S/C5H10O5S2/c1-11(7,8)5-3-12(9,10)2-4(5)6/h4-6H,2-3H2,1H3/t4-,5+/m1/s1. The summed E-state index contributed by atoms with van der Waals surface area (Å²) in [4.78, 5) is 0. The van der Waals surface area contributed by atoms with Crippen LogP contribution < -0.4 is 0 Å². The van der Waals surface area contributed by atoms with E-state index in [0.717, 1.165) is 6.26 Å². The molecule has 0 amide bonds. The van der Waals surface area contributed by atoms with Gasteiger partial charge in [0.1, 0.15) is 5.25 Å². The summed E-state index contributed by atoms with van der Waals surface area (Å²) in [6.07, 6.45) is -0.327. The number of rotatable bonds is 1. The molecular weight excluding hydrogens is 204 g/mol. The molecule has 5 nitrogen and oxygen atoms in total. The average Bonchev–Trinajstić information content (AvgIpc) is 2.03. The van der Waals surface area contributed by atoms with Crippen molar-refractivity contribution in [3.8, 4) is 0 Å². The summed E-state index contributed by atoms with van der Waals surface area (Å²) in [6.45, 7) is 0. The van der Waals surface area contributed by atoms with Crippen molar-refractivity contribution in [2.45, 2.75) is 11.4 Å². The van der Waals surface area contributed by atoms with Crippen LogP contribution in [-0.4, -0.2) is 51.1 Å². The molecule has 7 heteroatoms. The van der Waals surface area contributed by atoms with Gasteiger partial charge in [-0.15, -0.1) is 0 Å². The van der Waals surface area contributed by atoms with Gasteiger partial charge in [-0.25, -0.2) is 16.8 Å². The van der Waals surface area contributed by atoms with Gasteiger partial charge in [0.05, 0.1) is 17.6 Å². The van der Waals surface area contributed by atoms with Gasteiger partial charge in [-0.3, -0.25) is 0 Å². The highest BCUT2D eigenvalue weighted by molar-refractivity contribution is 7.96. The number of hydrogen-bond acceptors (Lipinski definition) is 5. The van der Waals surface area contributed by atoms with Crippen LogP contribution in [0.5, 0.6) is 0 Å². The van der Waals surface area contributed by atoms with Crippen molar-refractivity contribution in [2.24, 2.45) is 0 Å². The normalized spacial score (nSPS) is 35.2. The third kappa shape index (κ3) is 1.96. The fourth-order valence-corrected chi connectivity index (χ4v) is 5.22. The summed E-state index contributed by atoms with van der Waals surface area (Å²) < 4.78 is 43.6. The van der Waals surface area contributed by atoms with E-state index < -0.39 is 42.5 Å². The van der Waals surface area contributed by atoms with Crippen LogP contribution in [0.3, 0.4) is 0 Å². The molecule has 0 aromatic rings. The minimum atomic E-state index is -3.45. The largest absolute Gasteiger partial charge is 0.391 e. The predicted molar refractivity (Wildman–Crippen MR) is 43.3 cm³/mol. The minimum Gasteiger partial charge on any atom is -0.391 e. The Kier molecular flexibility index (Phi) is 2.22. The molecule has 1 heterocycles. The Balaban J connectivity index is 3.01. The van der Waals surface area contributed by atoms with E-state index in [4.69, 9.17) is 5.11 Å². The quantitative estimate of drug-likeness (QED) is 0.555. The molecule has 0 aliphatic carbocycles. The van der Waals surface area contributed by atoms with Gasteiger partial charge in [0.25, 0.3) is 0 Å². The third-order valence-corrected chi connectivity index (χ3v) is 5.33. The zero-order valence-electron chi connectivity index (χ0n) is 6.47. The number of aliphatic hydroxyl groups excluding tert-OH is 1. The molecule has 0 radical (unpaired) electrons. The maximum Gasteiger partial charge on any atom is 0.154 e. The maximum atomic E-state index is 10.9. The van der Waals surface area contributed by atoms with Gasteiger partial charge in [0.15, 0.2) is 19.7 Å². The van der Waals surface area contributed by atoms with Crippen molar-refractivity contribution in [1.82, 2.24) is 0 Å². The van der Waals surface area contributed by atoms with Gasteiger partial charge < -0.3 is 5.11 Å².